The first kappa shape index (κ1) is 12.6. The molecule has 0 aliphatic heterocycles. The van der Waals surface area contributed by atoms with E-state index in [2.05, 4.69) is 5.32 Å². The third-order valence-electron chi connectivity index (χ3n) is 1.94. The van der Waals surface area contributed by atoms with E-state index < -0.39 is 0 Å². The fourth-order valence-electron chi connectivity index (χ4n) is 1.10. The van der Waals surface area contributed by atoms with Crippen LogP contribution in [0.25, 0.3) is 0 Å². The molecule has 1 rings (SSSR count). The molecule has 0 spiro atoms. The summed E-state index contributed by atoms with van der Waals surface area (Å²) >= 11 is 11.8. The van der Waals surface area contributed by atoms with Crippen molar-refractivity contribution in [2.75, 3.05) is 26.1 Å². The van der Waals surface area contributed by atoms with Gasteiger partial charge < -0.3 is 14.8 Å². The monoisotopic (exact) mass is 249 g/mol. The van der Waals surface area contributed by atoms with E-state index in [9.17, 15) is 0 Å². The van der Waals surface area contributed by atoms with Gasteiger partial charge >= 0.3 is 0 Å². The summed E-state index contributed by atoms with van der Waals surface area (Å²) in [5.41, 5.74) is 0.767. The van der Waals surface area contributed by atoms with Gasteiger partial charge in [-0.05, 0) is 12.1 Å². The molecule has 1 aromatic rings. The topological polar surface area (TPSA) is 30.5 Å². The molecule has 3 nitrogen and oxygen atoms in total. The molecule has 0 saturated heterocycles. The number of halogens is 2. The molecule has 0 radical (unpaired) electrons. The summed E-state index contributed by atoms with van der Waals surface area (Å²) in [6, 6.07) is 5.40. The first-order valence-corrected chi connectivity index (χ1v) is 5.18. The van der Waals surface area contributed by atoms with Crippen molar-refractivity contribution in [3.8, 4) is 0 Å². The molecular formula is C10H13Cl2NO2. The Bertz CT molecular complexity index is 316. The molecule has 0 amide bonds. The number of methoxy groups -OCH3 is 2. The predicted octanol–water partition coefficient (Wildman–Crippen LogP) is 3.02. The summed E-state index contributed by atoms with van der Waals surface area (Å²) in [7, 11) is 3.16. The van der Waals surface area contributed by atoms with Crippen molar-refractivity contribution < 1.29 is 9.47 Å². The molecule has 0 fully saturated rings. The van der Waals surface area contributed by atoms with Crippen molar-refractivity contribution in [3.05, 3.63) is 28.2 Å². The summed E-state index contributed by atoms with van der Waals surface area (Å²) in [5.74, 6) is 0. The van der Waals surface area contributed by atoms with Crippen molar-refractivity contribution in [2.45, 2.75) is 6.29 Å². The van der Waals surface area contributed by atoms with Crippen molar-refractivity contribution in [1.29, 1.82) is 0 Å². The van der Waals surface area contributed by atoms with Gasteiger partial charge in [-0.3, -0.25) is 0 Å². The molecule has 0 saturated carbocycles. The zero-order valence-electron chi connectivity index (χ0n) is 8.59. The van der Waals surface area contributed by atoms with Crippen LogP contribution in [0.4, 0.5) is 5.69 Å². The van der Waals surface area contributed by atoms with Gasteiger partial charge in [0.15, 0.2) is 6.29 Å². The standard InChI is InChI=1S/C10H13Cl2NO2/c1-14-9(15-2)6-13-8-5-3-4-7(11)10(8)12/h3-5,9,13H,6H2,1-2H3. The lowest BCUT2D eigenvalue weighted by Crippen LogP contribution is -2.23. The normalized spacial score (nSPS) is 10.7. The highest BCUT2D eigenvalue weighted by atomic mass is 35.5. The summed E-state index contributed by atoms with van der Waals surface area (Å²) in [5, 5.41) is 4.12. The zero-order chi connectivity index (χ0) is 11.3. The lowest BCUT2D eigenvalue weighted by molar-refractivity contribution is -0.0914. The highest BCUT2D eigenvalue weighted by Gasteiger charge is 2.07. The number of anilines is 1. The van der Waals surface area contributed by atoms with Gasteiger partial charge in [0, 0.05) is 14.2 Å². The van der Waals surface area contributed by atoms with Gasteiger partial charge in [-0.25, -0.2) is 0 Å². The van der Waals surface area contributed by atoms with Crippen LogP contribution < -0.4 is 5.32 Å². The second-order valence-electron chi connectivity index (χ2n) is 2.88. The minimum absolute atomic E-state index is 0.306. The molecule has 0 heterocycles. The SMILES string of the molecule is COC(CNc1cccc(Cl)c1Cl)OC. The van der Waals surface area contributed by atoms with Gasteiger partial charge in [-0.2, -0.15) is 0 Å². The smallest absolute Gasteiger partial charge is 0.173 e. The molecule has 84 valence electrons. The van der Waals surface area contributed by atoms with Crippen LogP contribution in [0.15, 0.2) is 18.2 Å². The Balaban J connectivity index is 2.61. The molecule has 0 unspecified atom stereocenters. The van der Waals surface area contributed by atoms with Gasteiger partial charge in [0.2, 0.25) is 0 Å². The molecule has 0 atom stereocenters. The lowest BCUT2D eigenvalue weighted by Gasteiger charge is -2.15. The first-order valence-electron chi connectivity index (χ1n) is 4.42. The van der Waals surface area contributed by atoms with E-state index in [1.165, 1.54) is 0 Å². The highest BCUT2D eigenvalue weighted by Crippen LogP contribution is 2.29. The second kappa shape index (κ2) is 6.18. The minimum Gasteiger partial charge on any atom is -0.379 e. The Kier molecular flexibility index (Phi) is 5.19. The van der Waals surface area contributed by atoms with E-state index in [4.69, 9.17) is 32.7 Å². The maximum Gasteiger partial charge on any atom is 0.173 e. The van der Waals surface area contributed by atoms with Crippen molar-refractivity contribution in [2.24, 2.45) is 0 Å². The Labute approximate surface area is 99.3 Å². The predicted molar refractivity (Wildman–Crippen MR) is 62.8 cm³/mol. The van der Waals surface area contributed by atoms with Gasteiger partial charge in [0.25, 0.3) is 0 Å². The molecule has 0 bridgehead atoms. The molecule has 15 heavy (non-hydrogen) atoms. The van der Waals surface area contributed by atoms with Crippen molar-refractivity contribution in [1.82, 2.24) is 0 Å². The molecule has 5 heteroatoms. The molecule has 0 aliphatic carbocycles. The van der Waals surface area contributed by atoms with Crippen LogP contribution in [-0.2, 0) is 9.47 Å². The molecule has 0 aromatic heterocycles. The molecule has 1 aromatic carbocycles. The average Bonchev–Trinajstić information content (AvgIpc) is 2.25. The number of hydrogen-bond acceptors (Lipinski definition) is 3. The van der Waals surface area contributed by atoms with Crippen LogP contribution in [0.2, 0.25) is 10.0 Å². The Hall–Kier alpha value is -0.480. The Morgan fingerprint density at radius 3 is 2.53 bits per heavy atom. The fraction of sp³-hybridized carbons (Fsp3) is 0.400. The summed E-state index contributed by atoms with van der Waals surface area (Å²) < 4.78 is 10.1. The average molecular weight is 250 g/mol. The molecular weight excluding hydrogens is 237 g/mol. The van der Waals surface area contributed by atoms with Gasteiger partial charge in [-0.15, -0.1) is 0 Å². The molecule has 1 N–H and O–H groups in total. The van der Waals surface area contributed by atoms with E-state index >= 15 is 0 Å². The maximum absolute atomic E-state index is 5.99. The number of nitrogens with one attached hydrogen (secondary N) is 1. The fourth-order valence-corrected chi connectivity index (χ4v) is 1.46. The summed E-state index contributed by atoms with van der Waals surface area (Å²) in [4.78, 5) is 0. The van der Waals surface area contributed by atoms with Crippen LogP contribution in [0, 0.1) is 0 Å². The van der Waals surface area contributed by atoms with Crippen molar-refractivity contribution >= 4 is 28.9 Å². The van der Waals surface area contributed by atoms with Crippen LogP contribution in [0.5, 0.6) is 0 Å². The maximum atomic E-state index is 5.99. The van der Waals surface area contributed by atoms with Gasteiger partial charge in [-0.1, -0.05) is 29.3 Å². The van der Waals surface area contributed by atoms with Gasteiger partial charge in [0.05, 0.1) is 22.3 Å². The van der Waals surface area contributed by atoms with Crippen LogP contribution in [0.1, 0.15) is 0 Å². The highest BCUT2D eigenvalue weighted by molar-refractivity contribution is 6.43. The van der Waals surface area contributed by atoms with E-state index in [0.29, 0.717) is 16.6 Å². The largest absolute Gasteiger partial charge is 0.379 e. The quantitative estimate of drug-likeness (QED) is 0.815. The zero-order valence-corrected chi connectivity index (χ0v) is 10.1. The number of benzene rings is 1. The lowest BCUT2D eigenvalue weighted by atomic mass is 10.3. The summed E-state index contributed by atoms with van der Waals surface area (Å²) in [6.45, 7) is 0.507. The van der Waals surface area contributed by atoms with E-state index in [0.717, 1.165) is 5.69 Å². The van der Waals surface area contributed by atoms with Crippen LogP contribution in [0.3, 0.4) is 0 Å². The Morgan fingerprint density at radius 1 is 1.27 bits per heavy atom. The van der Waals surface area contributed by atoms with Gasteiger partial charge in [0.1, 0.15) is 0 Å². The third-order valence-corrected chi connectivity index (χ3v) is 2.76. The van der Waals surface area contributed by atoms with Crippen LogP contribution in [-0.4, -0.2) is 27.1 Å². The van der Waals surface area contributed by atoms with Crippen LogP contribution >= 0.6 is 23.2 Å². The summed E-state index contributed by atoms with van der Waals surface area (Å²) in [6.07, 6.45) is -0.306. The van der Waals surface area contributed by atoms with E-state index in [1.54, 1.807) is 20.3 Å². The molecule has 0 aliphatic rings. The number of ether oxygens (including phenoxy) is 2. The minimum atomic E-state index is -0.306. The first-order chi connectivity index (χ1) is 7.19. The number of rotatable bonds is 5. The third kappa shape index (κ3) is 3.54. The Morgan fingerprint density at radius 2 is 1.93 bits per heavy atom. The van der Waals surface area contributed by atoms with E-state index in [1.807, 2.05) is 12.1 Å². The number of hydrogen-bond donors (Lipinski definition) is 1. The second-order valence-corrected chi connectivity index (χ2v) is 3.67. The van der Waals surface area contributed by atoms with Crippen molar-refractivity contribution in [3.63, 3.8) is 0 Å². The van der Waals surface area contributed by atoms with E-state index in [-0.39, 0.29) is 6.29 Å².